The minimum atomic E-state index is -1.17. The quantitative estimate of drug-likeness (QED) is 0.0857. The fourth-order valence-corrected chi connectivity index (χ4v) is 3.39. The number of amides is 3. The zero-order valence-corrected chi connectivity index (χ0v) is 30.2. The fourth-order valence-electron chi connectivity index (χ4n) is 3.31. The molecule has 0 fully saturated rings. The van der Waals surface area contributed by atoms with Crippen LogP contribution in [0.4, 0.5) is 0 Å². The van der Waals surface area contributed by atoms with Gasteiger partial charge in [-0.05, 0) is 48.1 Å². The number of allylic oxidation sites excluding steroid dienone is 2. The van der Waals surface area contributed by atoms with Crippen LogP contribution in [0.25, 0.3) is 10.8 Å². The van der Waals surface area contributed by atoms with Crippen molar-refractivity contribution in [3.8, 4) is 0 Å². The van der Waals surface area contributed by atoms with Gasteiger partial charge < -0.3 is 33.7 Å². The Hall–Kier alpha value is -0.1000. The molecule has 0 saturated heterocycles. The minimum absolute atomic E-state index is 0. The molecule has 0 aromatic heterocycles. The average molecular weight is 554 g/mol. The molecule has 11 heteroatoms. The Morgan fingerprint density at radius 2 is 1.46 bits per heavy atom. The standard InChI is InChI=1S/C24H29N3O4S.C2H6.3Na/c1-4-16(13-25-23(30)24(31)26-14-21(28)32)18(5-2)22(29)27-15(3)19-12-8-10-17-9-6-7-11-20(17)19;1-2;;;/h4-12,15,21,28,32H,13-14H2,1-3H3,(H,25,30)(H,26,31)(H,27,29);1-2H3;;;/q;;3*+1/p-1/b16-4-,18-5+;;;;. The number of hydrogen-bond donors (Lipinski definition) is 4. The summed E-state index contributed by atoms with van der Waals surface area (Å²) in [5, 5.41) is 18.9. The van der Waals surface area contributed by atoms with Gasteiger partial charge in [0, 0.05) is 18.7 Å². The number of hydrogen-bond acceptors (Lipinski definition) is 5. The third-order valence-electron chi connectivity index (χ3n) is 4.95. The van der Waals surface area contributed by atoms with Gasteiger partial charge in [-0.15, -0.1) is 0 Å². The summed E-state index contributed by atoms with van der Waals surface area (Å²) in [5.41, 5.74) is 0.809. The van der Waals surface area contributed by atoms with E-state index in [1.807, 2.05) is 63.2 Å². The van der Waals surface area contributed by atoms with Crippen LogP contribution in [0.1, 0.15) is 46.2 Å². The van der Waals surface area contributed by atoms with Gasteiger partial charge in [0.1, 0.15) is 0 Å². The predicted molar refractivity (Wildman–Crippen MR) is 139 cm³/mol. The molecule has 0 bridgehead atoms. The summed E-state index contributed by atoms with van der Waals surface area (Å²) in [6.45, 7) is 9.20. The molecule has 2 atom stereocenters. The van der Waals surface area contributed by atoms with Crippen LogP contribution in [0.3, 0.4) is 0 Å². The van der Waals surface area contributed by atoms with Crippen LogP contribution >= 0.6 is 0 Å². The van der Waals surface area contributed by atoms with Crippen molar-refractivity contribution < 1.29 is 108 Å². The Kier molecular flexibility index (Phi) is 25.4. The average Bonchev–Trinajstić information content (AvgIpc) is 2.85. The molecule has 2 unspecified atom stereocenters. The maximum absolute atomic E-state index is 13.0. The SMILES string of the molecule is C/C=C(CNC(=O)C(=O)NCC(O)[S-])\C(=C/C)C(=O)NC(C)c1cccc2ccccc12.CC.[Na+].[Na+].[Na+]. The molecule has 0 spiro atoms. The number of benzene rings is 2. The first-order valence-corrected chi connectivity index (χ1v) is 11.8. The second-order valence-corrected chi connectivity index (χ2v) is 7.67. The molecule has 4 N–H and O–H groups in total. The summed E-state index contributed by atoms with van der Waals surface area (Å²) in [5.74, 6) is -2.06. The van der Waals surface area contributed by atoms with Gasteiger partial charge in [0.05, 0.1) is 6.04 Å². The van der Waals surface area contributed by atoms with Gasteiger partial charge in [-0.1, -0.05) is 68.5 Å². The molecule has 0 aliphatic rings. The Morgan fingerprint density at radius 3 is 2.03 bits per heavy atom. The summed E-state index contributed by atoms with van der Waals surface area (Å²) >= 11 is 4.53. The summed E-state index contributed by atoms with van der Waals surface area (Å²) in [6.07, 6.45) is 3.38. The van der Waals surface area contributed by atoms with Crippen LogP contribution in [-0.2, 0) is 27.0 Å². The monoisotopic (exact) mass is 553 g/mol. The molecule has 2 aromatic carbocycles. The zero-order chi connectivity index (χ0) is 25.7. The summed E-state index contributed by atoms with van der Waals surface area (Å²) in [7, 11) is 0. The number of rotatable bonds is 8. The van der Waals surface area contributed by atoms with Crippen molar-refractivity contribution in [2.24, 2.45) is 0 Å². The molecule has 0 aliphatic heterocycles. The Balaban J connectivity index is -0.00000225. The Labute approximate surface area is 292 Å². The van der Waals surface area contributed by atoms with Crippen molar-refractivity contribution in [2.75, 3.05) is 13.1 Å². The zero-order valence-electron chi connectivity index (χ0n) is 23.3. The molecule has 0 heterocycles. The molecule has 3 amide bonds. The maximum Gasteiger partial charge on any atom is 1.00 e. The van der Waals surface area contributed by atoms with E-state index in [-0.39, 0.29) is 114 Å². The van der Waals surface area contributed by atoms with E-state index in [4.69, 9.17) is 5.11 Å². The van der Waals surface area contributed by atoms with E-state index in [1.54, 1.807) is 26.0 Å². The molecule has 2 rings (SSSR count). The van der Waals surface area contributed by atoms with E-state index in [0.717, 1.165) is 16.3 Å². The van der Waals surface area contributed by atoms with E-state index in [1.165, 1.54) is 0 Å². The molecule has 184 valence electrons. The predicted octanol–water partition coefficient (Wildman–Crippen LogP) is -5.95. The van der Waals surface area contributed by atoms with Crippen molar-refractivity contribution >= 4 is 41.1 Å². The topological polar surface area (TPSA) is 108 Å². The first-order chi connectivity index (χ1) is 16.3. The number of fused-ring (bicyclic) bond motifs is 1. The fraction of sp³-hybridized carbons (Fsp3) is 0.346. The van der Waals surface area contributed by atoms with Gasteiger partial charge >= 0.3 is 100 Å². The Bertz CT molecular complexity index is 1060. The number of nitrogens with one attached hydrogen (secondary N) is 3. The third-order valence-corrected chi connectivity index (χ3v) is 5.11. The second kappa shape index (κ2) is 22.7. The van der Waals surface area contributed by atoms with Crippen molar-refractivity contribution in [1.29, 1.82) is 0 Å². The minimum Gasteiger partial charge on any atom is -0.760 e. The van der Waals surface area contributed by atoms with Gasteiger partial charge in [-0.25, -0.2) is 0 Å². The molecule has 37 heavy (non-hydrogen) atoms. The van der Waals surface area contributed by atoms with E-state index in [0.29, 0.717) is 11.1 Å². The van der Waals surface area contributed by atoms with Gasteiger partial charge in [-0.3, -0.25) is 14.4 Å². The number of aliphatic hydroxyl groups excluding tert-OH is 1. The molecular formula is C26H34N3Na3O4S+2. The Morgan fingerprint density at radius 1 is 0.892 bits per heavy atom. The molecule has 0 radical (unpaired) electrons. The molecule has 0 saturated carbocycles. The van der Waals surface area contributed by atoms with Crippen LogP contribution in [0.15, 0.2) is 65.8 Å². The molecule has 2 aromatic rings. The normalized spacial score (nSPS) is 12.2. The van der Waals surface area contributed by atoms with E-state index in [2.05, 4.69) is 28.6 Å². The van der Waals surface area contributed by atoms with Crippen LogP contribution in [0, 0.1) is 0 Å². The summed E-state index contributed by atoms with van der Waals surface area (Å²) in [4.78, 5) is 36.7. The molecular weight excluding hydrogens is 519 g/mol. The van der Waals surface area contributed by atoms with Gasteiger partial charge in [-0.2, -0.15) is 0 Å². The number of aliphatic hydroxyl groups is 1. The third kappa shape index (κ3) is 13.7. The smallest absolute Gasteiger partial charge is 0.760 e. The largest absolute Gasteiger partial charge is 1.00 e. The van der Waals surface area contributed by atoms with Crippen molar-refractivity contribution in [2.45, 2.75) is 46.1 Å². The van der Waals surface area contributed by atoms with Crippen molar-refractivity contribution in [3.05, 3.63) is 71.3 Å². The van der Waals surface area contributed by atoms with E-state index >= 15 is 0 Å². The van der Waals surface area contributed by atoms with Crippen molar-refractivity contribution in [1.82, 2.24) is 16.0 Å². The van der Waals surface area contributed by atoms with Gasteiger partial charge in [0.2, 0.25) is 0 Å². The van der Waals surface area contributed by atoms with E-state index < -0.39 is 17.3 Å². The van der Waals surface area contributed by atoms with Gasteiger partial charge in [0.25, 0.3) is 5.91 Å². The van der Waals surface area contributed by atoms with Gasteiger partial charge in [0.15, 0.2) is 0 Å². The second-order valence-electron chi connectivity index (χ2n) is 7.13. The first-order valence-electron chi connectivity index (χ1n) is 11.3. The van der Waals surface area contributed by atoms with Crippen LogP contribution in [0.5, 0.6) is 0 Å². The van der Waals surface area contributed by atoms with Crippen LogP contribution < -0.4 is 105 Å². The first kappa shape index (κ1) is 41.4. The molecule has 7 nitrogen and oxygen atoms in total. The van der Waals surface area contributed by atoms with Crippen LogP contribution in [0.2, 0.25) is 0 Å². The van der Waals surface area contributed by atoms with Crippen molar-refractivity contribution in [3.63, 3.8) is 0 Å². The summed E-state index contributed by atoms with van der Waals surface area (Å²) < 4.78 is 0. The number of carbonyl (C=O) groups is 3. The van der Waals surface area contributed by atoms with E-state index in [9.17, 15) is 14.4 Å². The number of carbonyl (C=O) groups excluding carboxylic acids is 3. The maximum atomic E-state index is 13.0. The summed E-state index contributed by atoms with van der Waals surface area (Å²) in [6, 6.07) is 13.7. The molecule has 0 aliphatic carbocycles. The van der Waals surface area contributed by atoms with Crippen LogP contribution in [-0.4, -0.2) is 41.4 Å².